The van der Waals surface area contributed by atoms with Gasteiger partial charge < -0.3 is 10.2 Å². The van der Waals surface area contributed by atoms with E-state index in [2.05, 4.69) is 56.4 Å². The van der Waals surface area contributed by atoms with Crippen molar-refractivity contribution in [3.05, 3.63) is 35.4 Å². The van der Waals surface area contributed by atoms with Gasteiger partial charge in [0.1, 0.15) is 0 Å². The molecule has 1 heterocycles. The number of benzene rings is 1. The summed E-state index contributed by atoms with van der Waals surface area (Å²) in [5, 5.41) is 3.70. The highest BCUT2D eigenvalue weighted by Gasteiger charge is 2.54. The summed E-state index contributed by atoms with van der Waals surface area (Å²) >= 11 is 0. The van der Waals surface area contributed by atoms with Crippen LogP contribution in [0, 0.1) is 23.2 Å². The minimum atomic E-state index is -0.0651. The number of carbonyl (C=O) groups is 1. The second-order valence-electron chi connectivity index (χ2n) is 11.0. The largest absolute Gasteiger partial charge is 0.379 e. The van der Waals surface area contributed by atoms with Crippen molar-refractivity contribution in [2.75, 3.05) is 19.0 Å². The lowest BCUT2D eigenvalue weighted by Gasteiger charge is -2.55. The number of hydrogen-bond acceptors (Lipinski definition) is 3. The first-order valence-corrected chi connectivity index (χ1v) is 11.1. The van der Waals surface area contributed by atoms with Gasteiger partial charge in [0.15, 0.2) is 5.78 Å². The van der Waals surface area contributed by atoms with Crippen LogP contribution in [0.3, 0.4) is 0 Å². The molecular weight excluding hydrogens is 344 g/mol. The average molecular weight is 379 g/mol. The van der Waals surface area contributed by atoms with Crippen LogP contribution >= 0.6 is 0 Å². The first kappa shape index (κ1) is 18.3. The van der Waals surface area contributed by atoms with Crippen molar-refractivity contribution >= 4 is 17.2 Å². The summed E-state index contributed by atoms with van der Waals surface area (Å²) in [6, 6.07) is 6.69. The molecule has 0 unspecified atom stereocenters. The molecule has 0 atom stereocenters. The van der Waals surface area contributed by atoms with Crippen molar-refractivity contribution in [3.8, 4) is 0 Å². The van der Waals surface area contributed by atoms with Crippen LogP contribution in [-0.2, 0) is 11.2 Å². The van der Waals surface area contributed by atoms with Gasteiger partial charge in [-0.3, -0.25) is 4.79 Å². The smallest absolute Gasteiger partial charge is 0.163 e. The molecule has 0 amide bonds. The quantitative estimate of drug-likeness (QED) is 0.767. The molecule has 0 radical (unpaired) electrons. The van der Waals surface area contributed by atoms with E-state index in [9.17, 15) is 4.79 Å². The minimum Gasteiger partial charge on any atom is -0.379 e. The van der Waals surface area contributed by atoms with Gasteiger partial charge in [-0.05, 0) is 94.2 Å². The fraction of sp³-hybridized carbons (Fsp3) is 0.640. The van der Waals surface area contributed by atoms with Gasteiger partial charge in [-0.1, -0.05) is 6.07 Å². The van der Waals surface area contributed by atoms with E-state index < -0.39 is 0 Å². The number of anilines is 1. The average Bonchev–Trinajstić information content (AvgIpc) is 2.59. The summed E-state index contributed by atoms with van der Waals surface area (Å²) in [6.45, 7) is 4.47. The van der Waals surface area contributed by atoms with Crippen LogP contribution in [0.4, 0.5) is 5.69 Å². The highest BCUT2D eigenvalue weighted by molar-refractivity contribution is 6.01. The van der Waals surface area contributed by atoms with E-state index in [4.69, 9.17) is 0 Å². The van der Waals surface area contributed by atoms with Gasteiger partial charge in [-0.25, -0.2) is 0 Å². The molecule has 4 fully saturated rings. The van der Waals surface area contributed by atoms with Crippen LogP contribution in [0.25, 0.3) is 5.70 Å². The summed E-state index contributed by atoms with van der Waals surface area (Å²) in [5.41, 5.74) is 4.69. The molecule has 1 aromatic rings. The maximum atomic E-state index is 13.7. The molecule has 3 heteroatoms. The third kappa shape index (κ3) is 2.98. The zero-order valence-electron chi connectivity index (χ0n) is 17.8. The monoisotopic (exact) mass is 378 g/mol. The highest BCUT2D eigenvalue weighted by atomic mass is 16.1. The fourth-order valence-electron chi connectivity index (χ4n) is 7.01. The molecule has 1 aliphatic heterocycles. The van der Waals surface area contributed by atoms with Crippen molar-refractivity contribution in [1.29, 1.82) is 0 Å². The van der Waals surface area contributed by atoms with Gasteiger partial charge in [0.05, 0.1) is 0 Å². The number of ketones is 1. The number of carbonyl (C=O) groups excluding carboxylic acids is 1. The number of allylic oxidation sites excluding steroid dienone is 1. The summed E-state index contributed by atoms with van der Waals surface area (Å²) < 4.78 is 0. The second-order valence-corrected chi connectivity index (χ2v) is 11.0. The van der Waals surface area contributed by atoms with Gasteiger partial charge in [-0.2, -0.15) is 0 Å². The van der Waals surface area contributed by atoms with E-state index in [-0.39, 0.29) is 11.0 Å². The Labute approximate surface area is 169 Å². The van der Waals surface area contributed by atoms with E-state index in [0.717, 1.165) is 49.1 Å². The molecule has 28 heavy (non-hydrogen) atoms. The molecule has 0 aromatic heterocycles. The number of rotatable bonds is 3. The first-order valence-electron chi connectivity index (χ1n) is 11.1. The van der Waals surface area contributed by atoms with Gasteiger partial charge in [0.2, 0.25) is 0 Å². The van der Waals surface area contributed by atoms with Crippen molar-refractivity contribution < 1.29 is 4.79 Å². The number of nitrogens with zero attached hydrogens (tertiary/aromatic N) is 1. The zero-order valence-corrected chi connectivity index (χ0v) is 17.8. The fourth-order valence-corrected chi connectivity index (χ4v) is 7.01. The predicted molar refractivity (Wildman–Crippen MR) is 115 cm³/mol. The lowest BCUT2D eigenvalue weighted by atomic mass is 9.48. The number of nitrogens with one attached hydrogen (secondary N) is 1. The van der Waals surface area contributed by atoms with Crippen molar-refractivity contribution in [3.63, 3.8) is 0 Å². The van der Waals surface area contributed by atoms with E-state index in [0.29, 0.717) is 5.78 Å². The molecule has 3 nitrogen and oxygen atoms in total. The van der Waals surface area contributed by atoms with Crippen LogP contribution < -0.4 is 10.2 Å². The lowest BCUT2D eigenvalue weighted by molar-refractivity contribution is -0.138. The molecule has 4 saturated carbocycles. The van der Waals surface area contributed by atoms with Crippen LogP contribution in [0.15, 0.2) is 24.3 Å². The maximum absolute atomic E-state index is 13.7. The molecule has 4 bridgehead atoms. The normalized spacial score (nSPS) is 36.1. The molecule has 0 spiro atoms. The van der Waals surface area contributed by atoms with Crippen LogP contribution in [0.2, 0.25) is 0 Å². The molecule has 0 saturated heterocycles. The summed E-state index contributed by atoms with van der Waals surface area (Å²) in [6.07, 6.45) is 10.5. The summed E-state index contributed by atoms with van der Waals surface area (Å²) in [7, 11) is 4.15. The molecule has 4 aliphatic carbocycles. The van der Waals surface area contributed by atoms with E-state index in [1.807, 2.05) is 6.08 Å². The third-order valence-electron chi connectivity index (χ3n) is 7.84. The Balaban J connectivity index is 1.52. The second kappa shape index (κ2) is 6.11. The van der Waals surface area contributed by atoms with Gasteiger partial charge in [-0.15, -0.1) is 0 Å². The maximum Gasteiger partial charge on any atom is 0.163 e. The predicted octanol–water partition coefficient (Wildman–Crippen LogP) is 4.80. The van der Waals surface area contributed by atoms with Crippen molar-refractivity contribution in [2.24, 2.45) is 23.2 Å². The Bertz CT molecular complexity index is 813. The van der Waals surface area contributed by atoms with E-state index in [1.54, 1.807) is 0 Å². The Morgan fingerprint density at radius 1 is 1.07 bits per heavy atom. The zero-order chi connectivity index (χ0) is 19.7. The van der Waals surface area contributed by atoms with E-state index in [1.165, 1.54) is 36.1 Å². The van der Waals surface area contributed by atoms with Crippen molar-refractivity contribution in [2.45, 2.75) is 64.3 Å². The number of fused-ring (bicyclic) bond motifs is 1. The van der Waals surface area contributed by atoms with Gasteiger partial charge >= 0.3 is 0 Å². The molecule has 1 aromatic carbocycles. The minimum absolute atomic E-state index is 0.0276. The first-order chi connectivity index (χ1) is 13.2. The van der Waals surface area contributed by atoms with Crippen LogP contribution in [0.5, 0.6) is 0 Å². The molecular formula is C25H34N2O. The summed E-state index contributed by atoms with van der Waals surface area (Å²) in [4.78, 5) is 15.8. The Morgan fingerprint density at radius 2 is 1.68 bits per heavy atom. The topological polar surface area (TPSA) is 32.3 Å². The lowest BCUT2D eigenvalue weighted by Crippen LogP contribution is -2.50. The van der Waals surface area contributed by atoms with Crippen LogP contribution in [-0.4, -0.2) is 25.4 Å². The number of hydrogen-bond donors (Lipinski definition) is 1. The van der Waals surface area contributed by atoms with E-state index >= 15 is 0 Å². The van der Waals surface area contributed by atoms with Crippen molar-refractivity contribution in [1.82, 2.24) is 5.32 Å². The standard InChI is InChI=1S/C25H34N2O/c1-24(2)15-19-5-6-20(27(3)4)10-21(19)22(26-24)11-23(28)25-12-16-7-17(13-25)9-18(8-16)14-25/h5-6,10-11,16-18,26H,7-9,12-15H2,1-4H3. The Morgan fingerprint density at radius 3 is 2.25 bits per heavy atom. The molecule has 6 rings (SSSR count). The molecule has 1 N–H and O–H groups in total. The highest BCUT2D eigenvalue weighted by Crippen LogP contribution is 2.60. The molecule has 150 valence electrons. The van der Waals surface area contributed by atoms with Gasteiger partial charge in [0.25, 0.3) is 0 Å². The molecule has 5 aliphatic rings. The summed E-state index contributed by atoms with van der Waals surface area (Å²) in [5.74, 6) is 2.80. The Hall–Kier alpha value is -1.77. The Kier molecular flexibility index (Phi) is 3.99. The third-order valence-corrected chi connectivity index (χ3v) is 7.84. The van der Waals surface area contributed by atoms with Crippen LogP contribution in [0.1, 0.15) is 63.5 Å². The van der Waals surface area contributed by atoms with Gasteiger partial charge in [0, 0.05) is 48.1 Å². The SMILES string of the molecule is CN(C)c1ccc2c(c1)C(=CC(=O)C13CC4CC(CC(C4)C1)C3)NC(C)(C)C2.